The third kappa shape index (κ3) is 7.41. The van der Waals surface area contributed by atoms with Gasteiger partial charge in [0, 0.05) is 64.3 Å². The standard InChI is InChI=1S/C26H34F3N7O2/c1-17(26(27,28)29)33-22(15-35-13-19-5-3-4-6-20(19)14-35)12-30-25(38)23-11-24(32-16-31-23)34-21-7-9-36(10-8-21)18(2)37/h3-6,11,16-17,21-22,33H,7-10,12-15H2,1-2H3,(H,30,38)(H,31,32,34)/t17?,22-/m0/s1. The summed E-state index contributed by atoms with van der Waals surface area (Å²) in [4.78, 5) is 36.5. The van der Waals surface area contributed by atoms with E-state index < -0.39 is 24.2 Å². The molecule has 0 saturated carbocycles. The lowest BCUT2D eigenvalue weighted by atomic mass is 10.1. The number of rotatable bonds is 9. The number of alkyl halides is 3. The van der Waals surface area contributed by atoms with Gasteiger partial charge in [-0.25, -0.2) is 9.97 Å². The molecule has 0 bridgehead atoms. The van der Waals surface area contributed by atoms with E-state index in [1.165, 1.54) is 12.4 Å². The number of aromatic nitrogens is 2. The van der Waals surface area contributed by atoms with E-state index in [-0.39, 0.29) is 24.2 Å². The minimum absolute atomic E-state index is 0.00235. The van der Waals surface area contributed by atoms with Gasteiger partial charge in [0.1, 0.15) is 23.9 Å². The van der Waals surface area contributed by atoms with Crippen LogP contribution in [0.4, 0.5) is 19.0 Å². The zero-order chi connectivity index (χ0) is 27.3. The van der Waals surface area contributed by atoms with E-state index in [0.29, 0.717) is 38.5 Å². The topological polar surface area (TPSA) is 102 Å². The number of likely N-dealkylation sites (tertiary alicyclic amines) is 1. The van der Waals surface area contributed by atoms with Crippen LogP contribution < -0.4 is 16.0 Å². The van der Waals surface area contributed by atoms with Crippen LogP contribution in [0, 0.1) is 0 Å². The van der Waals surface area contributed by atoms with Crippen LogP contribution in [0.5, 0.6) is 0 Å². The quantitative estimate of drug-likeness (QED) is 0.455. The molecular formula is C26H34F3N7O2. The number of fused-ring (bicyclic) bond motifs is 1. The SMILES string of the molecule is CC(=O)N1CCC(Nc2cc(C(=O)NC[C@@H](CN3Cc4ccccc4C3)NC(C)C(F)(F)F)ncn2)CC1. The molecule has 12 heteroatoms. The van der Waals surface area contributed by atoms with Crippen LogP contribution in [-0.4, -0.2) is 82.1 Å². The average molecular weight is 534 g/mol. The van der Waals surface area contributed by atoms with Crippen molar-refractivity contribution in [1.29, 1.82) is 0 Å². The van der Waals surface area contributed by atoms with E-state index >= 15 is 0 Å². The van der Waals surface area contributed by atoms with Crippen molar-refractivity contribution in [3.63, 3.8) is 0 Å². The van der Waals surface area contributed by atoms with Crippen molar-refractivity contribution in [3.8, 4) is 0 Å². The summed E-state index contributed by atoms with van der Waals surface area (Å²) < 4.78 is 39.9. The Morgan fingerprint density at radius 3 is 2.37 bits per heavy atom. The van der Waals surface area contributed by atoms with Crippen LogP contribution in [0.1, 0.15) is 48.3 Å². The molecule has 1 fully saturated rings. The predicted molar refractivity (Wildman–Crippen MR) is 136 cm³/mol. The summed E-state index contributed by atoms with van der Waals surface area (Å²) in [5.74, 6) is 0.0516. The Bertz CT molecular complexity index is 1100. The molecule has 206 valence electrons. The van der Waals surface area contributed by atoms with E-state index in [0.717, 1.165) is 30.9 Å². The third-order valence-electron chi connectivity index (χ3n) is 7.06. The molecule has 2 aliphatic heterocycles. The number of hydrogen-bond donors (Lipinski definition) is 3. The second-order valence-corrected chi connectivity index (χ2v) is 9.99. The van der Waals surface area contributed by atoms with Gasteiger partial charge >= 0.3 is 6.18 Å². The smallest absolute Gasteiger partial charge is 0.367 e. The Labute approximate surface area is 220 Å². The fourth-order valence-corrected chi connectivity index (χ4v) is 4.88. The number of amides is 2. The van der Waals surface area contributed by atoms with Gasteiger partial charge in [-0.05, 0) is 30.9 Å². The minimum Gasteiger partial charge on any atom is -0.367 e. The summed E-state index contributed by atoms with van der Waals surface area (Å²) in [7, 11) is 0. The van der Waals surface area contributed by atoms with Gasteiger partial charge in [0.2, 0.25) is 5.91 Å². The fourth-order valence-electron chi connectivity index (χ4n) is 4.88. The molecular weight excluding hydrogens is 499 g/mol. The van der Waals surface area contributed by atoms with E-state index in [1.54, 1.807) is 11.8 Å². The largest absolute Gasteiger partial charge is 0.403 e. The monoisotopic (exact) mass is 533 g/mol. The second-order valence-electron chi connectivity index (χ2n) is 9.99. The van der Waals surface area contributed by atoms with E-state index in [2.05, 4.69) is 30.8 Å². The van der Waals surface area contributed by atoms with Gasteiger partial charge in [0.15, 0.2) is 0 Å². The molecule has 2 amide bonds. The van der Waals surface area contributed by atoms with Gasteiger partial charge in [0.25, 0.3) is 5.91 Å². The van der Waals surface area contributed by atoms with Gasteiger partial charge in [-0.3, -0.25) is 14.5 Å². The van der Waals surface area contributed by atoms with Gasteiger partial charge in [0.05, 0.1) is 0 Å². The molecule has 0 spiro atoms. The number of carbonyl (C=O) groups is 2. The molecule has 9 nitrogen and oxygen atoms in total. The summed E-state index contributed by atoms with van der Waals surface area (Å²) >= 11 is 0. The van der Waals surface area contributed by atoms with Crippen LogP contribution in [0.25, 0.3) is 0 Å². The van der Waals surface area contributed by atoms with E-state index in [1.807, 2.05) is 24.3 Å². The van der Waals surface area contributed by atoms with Crippen molar-refractivity contribution in [1.82, 2.24) is 30.4 Å². The van der Waals surface area contributed by atoms with Crippen molar-refractivity contribution in [2.45, 2.75) is 64.1 Å². The number of anilines is 1. The molecule has 3 N–H and O–H groups in total. The zero-order valence-electron chi connectivity index (χ0n) is 21.6. The number of benzene rings is 1. The highest BCUT2D eigenvalue weighted by molar-refractivity contribution is 5.92. The molecule has 4 rings (SSSR count). The highest BCUT2D eigenvalue weighted by Crippen LogP contribution is 2.24. The number of nitrogens with one attached hydrogen (secondary N) is 3. The van der Waals surface area contributed by atoms with Gasteiger partial charge in [-0.2, -0.15) is 13.2 Å². The Morgan fingerprint density at radius 2 is 1.76 bits per heavy atom. The van der Waals surface area contributed by atoms with E-state index in [9.17, 15) is 22.8 Å². The molecule has 2 aromatic rings. The first-order chi connectivity index (χ1) is 18.1. The second kappa shape index (κ2) is 12.1. The van der Waals surface area contributed by atoms with Crippen LogP contribution in [0.15, 0.2) is 36.7 Å². The molecule has 1 unspecified atom stereocenters. The molecule has 1 saturated heterocycles. The maximum absolute atomic E-state index is 13.3. The Balaban J connectivity index is 1.34. The number of carbonyl (C=O) groups excluding carboxylic acids is 2. The fraction of sp³-hybridized carbons (Fsp3) is 0.538. The normalized spacial score (nSPS) is 18.1. The van der Waals surface area contributed by atoms with Gasteiger partial charge in [-0.1, -0.05) is 24.3 Å². The first-order valence-corrected chi connectivity index (χ1v) is 12.8. The molecule has 0 aliphatic carbocycles. The molecule has 0 radical (unpaired) electrons. The molecule has 2 aliphatic rings. The number of piperidine rings is 1. The molecule has 38 heavy (non-hydrogen) atoms. The highest BCUT2D eigenvalue weighted by Gasteiger charge is 2.37. The van der Waals surface area contributed by atoms with Crippen LogP contribution in [-0.2, 0) is 17.9 Å². The average Bonchev–Trinajstić information content (AvgIpc) is 3.29. The molecule has 1 aromatic heterocycles. The lowest BCUT2D eigenvalue weighted by molar-refractivity contribution is -0.153. The van der Waals surface area contributed by atoms with Crippen molar-refractivity contribution < 1.29 is 22.8 Å². The highest BCUT2D eigenvalue weighted by atomic mass is 19.4. The van der Waals surface area contributed by atoms with E-state index in [4.69, 9.17) is 0 Å². The maximum Gasteiger partial charge on any atom is 0.403 e. The van der Waals surface area contributed by atoms with Gasteiger partial charge in [-0.15, -0.1) is 0 Å². The predicted octanol–water partition coefficient (Wildman–Crippen LogP) is 2.55. The summed E-state index contributed by atoms with van der Waals surface area (Å²) in [6, 6.07) is 7.22. The maximum atomic E-state index is 13.3. The van der Waals surface area contributed by atoms with Crippen molar-refractivity contribution >= 4 is 17.6 Å². The minimum atomic E-state index is -4.40. The Morgan fingerprint density at radius 1 is 1.11 bits per heavy atom. The zero-order valence-corrected chi connectivity index (χ0v) is 21.6. The number of halogens is 3. The number of hydrogen-bond acceptors (Lipinski definition) is 7. The third-order valence-corrected chi connectivity index (χ3v) is 7.06. The Kier molecular flexibility index (Phi) is 8.83. The van der Waals surface area contributed by atoms with Crippen LogP contribution in [0.3, 0.4) is 0 Å². The summed E-state index contributed by atoms with van der Waals surface area (Å²) in [6.07, 6.45) is -1.60. The number of nitrogens with zero attached hydrogens (tertiary/aromatic N) is 4. The first kappa shape index (κ1) is 27.8. The first-order valence-electron chi connectivity index (χ1n) is 12.8. The van der Waals surface area contributed by atoms with Crippen molar-refractivity contribution in [2.24, 2.45) is 0 Å². The van der Waals surface area contributed by atoms with Crippen molar-refractivity contribution in [3.05, 3.63) is 53.5 Å². The molecule has 1 aromatic carbocycles. The Hall–Kier alpha value is -3.25. The summed E-state index contributed by atoms with van der Waals surface area (Å²) in [5, 5.41) is 8.67. The summed E-state index contributed by atoms with van der Waals surface area (Å²) in [6.45, 7) is 5.57. The van der Waals surface area contributed by atoms with Crippen LogP contribution in [0.2, 0.25) is 0 Å². The van der Waals surface area contributed by atoms with Crippen molar-refractivity contribution in [2.75, 3.05) is 31.5 Å². The lowest BCUT2D eigenvalue weighted by Gasteiger charge is -2.31. The summed E-state index contributed by atoms with van der Waals surface area (Å²) in [5.41, 5.74) is 2.44. The van der Waals surface area contributed by atoms with Crippen LogP contribution >= 0.6 is 0 Å². The molecule has 2 atom stereocenters. The molecule has 3 heterocycles. The lowest BCUT2D eigenvalue weighted by Crippen LogP contribution is -2.53. The van der Waals surface area contributed by atoms with Gasteiger partial charge < -0.3 is 20.9 Å².